The van der Waals surface area contributed by atoms with Gasteiger partial charge in [0.05, 0.1) is 11.0 Å². The maximum absolute atomic E-state index is 11.3. The molecule has 0 atom stereocenters. The summed E-state index contributed by atoms with van der Waals surface area (Å²) >= 11 is 6.45. The number of imidazole rings is 1. The van der Waals surface area contributed by atoms with E-state index in [0.29, 0.717) is 18.2 Å². The molecule has 4 aromatic rings. The van der Waals surface area contributed by atoms with Crippen molar-refractivity contribution in [3.63, 3.8) is 0 Å². The number of halogens is 1. The Hall–Kier alpha value is -2.92. The Labute approximate surface area is 180 Å². The van der Waals surface area contributed by atoms with Crippen LogP contribution in [0.2, 0.25) is 5.15 Å². The molecule has 2 aromatic carbocycles. The van der Waals surface area contributed by atoms with E-state index in [9.17, 15) is 4.79 Å². The second kappa shape index (κ2) is 8.84. The average molecular weight is 422 g/mol. The van der Waals surface area contributed by atoms with Crippen molar-refractivity contribution in [1.29, 1.82) is 0 Å². The molecule has 30 heavy (non-hydrogen) atoms. The molecule has 0 saturated heterocycles. The summed E-state index contributed by atoms with van der Waals surface area (Å²) in [4.78, 5) is 20.6. The highest BCUT2D eigenvalue weighted by molar-refractivity contribution is 6.35. The van der Waals surface area contributed by atoms with Crippen molar-refractivity contribution >= 4 is 39.5 Å². The fourth-order valence-corrected chi connectivity index (χ4v) is 3.89. The van der Waals surface area contributed by atoms with Crippen LogP contribution < -0.4 is 0 Å². The first-order valence-corrected chi connectivity index (χ1v) is 10.6. The van der Waals surface area contributed by atoms with E-state index in [4.69, 9.17) is 21.3 Å². The van der Waals surface area contributed by atoms with Crippen LogP contribution in [0.4, 0.5) is 0 Å². The molecule has 0 unspecified atom stereocenters. The van der Waals surface area contributed by atoms with Crippen molar-refractivity contribution in [1.82, 2.24) is 14.5 Å². The molecule has 0 aliphatic rings. The molecule has 0 spiro atoms. The molecule has 6 heteroatoms. The third-order valence-corrected chi connectivity index (χ3v) is 5.54. The lowest BCUT2D eigenvalue weighted by Crippen LogP contribution is -2.06. The molecular formula is C24H24ClN3O2. The lowest BCUT2D eigenvalue weighted by atomic mass is 10.1. The Kier molecular flexibility index (Phi) is 6.00. The molecule has 0 radical (unpaired) electrons. The largest absolute Gasteiger partial charge is 0.461 e. The number of pyridine rings is 1. The number of benzene rings is 2. The van der Waals surface area contributed by atoms with E-state index < -0.39 is 0 Å². The molecule has 4 rings (SSSR count). The molecule has 0 N–H and O–H groups in total. The van der Waals surface area contributed by atoms with Crippen molar-refractivity contribution in [2.45, 2.75) is 46.3 Å². The molecular weight excluding hydrogens is 398 g/mol. The second-order valence-electron chi connectivity index (χ2n) is 7.23. The van der Waals surface area contributed by atoms with Gasteiger partial charge in [0.25, 0.3) is 0 Å². The van der Waals surface area contributed by atoms with Gasteiger partial charge >= 0.3 is 5.97 Å². The zero-order valence-corrected chi connectivity index (χ0v) is 17.9. The summed E-state index contributed by atoms with van der Waals surface area (Å²) in [7, 11) is 0. The SMILES string of the molecule is CCC(=O)OCc1ccc(CCn2c(CC)nc3c(Cl)nc4ccccc4c32)cc1. The predicted octanol–water partition coefficient (Wildman–Crippen LogP) is 5.50. The zero-order chi connectivity index (χ0) is 21.1. The van der Waals surface area contributed by atoms with Crippen molar-refractivity contribution in [3.8, 4) is 0 Å². The Bertz CT molecular complexity index is 1200. The van der Waals surface area contributed by atoms with E-state index >= 15 is 0 Å². The molecule has 0 saturated carbocycles. The standard InChI is InChI=1S/C24H24ClN3O2/c1-3-20-27-22-23(18-7-5-6-8-19(18)26-24(22)25)28(20)14-13-16-9-11-17(12-10-16)15-30-21(29)4-2/h5-12H,3-4,13-15H2,1-2H3. The molecule has 0 fully saturated rings. The number of carbonyl (C=O) groups excluding carboxylic acids is 1. The van der Waals surface area contributed by atoms with Gasteiger partial charge < -0.3 is 9.30 Å². The highest BCUT2D eigenvalue weighted by Crippen LogP contribution is 2.30. The number of ether oxygens (including phenoxy) is 1. The third kappa shape index (κ3) is 4.03. The molecule has 2 heterocycles. The van der Waals surface area contributed by atoms with Crippen molar-refractivity contribution < 1.29 is 9.53 Å². The number of aryl methyl sites for hydroxylation is 3. The monoisotopic (exact) mass is 421 g/mol. The summed E-state index contributed by atoms with van der Waals surface area (Å²) in [6.07, 6.45) is 2.08. The van der Waals surface area contributed by atoms with Crippen LogP contribution in [-0.2, 0) is 35.5 Å². The number of esters is 1. The van der Waals surface area contributed by atoms with Crippen LogP contribution in [0.15, 0.2) is 48.5 Å². The summed E-state index contributed by atoms with van der Waals surface area (Å²) in [5, 5.41) is 1.51. The Morgan fingerprint density at radius 1 is 1.03 bits per heavy atom. The van der Waals surface area contributed by atoms with E-state index in [2.05, 4.69) is 34.7 Å². The van der Waals surface area contributed by atoms with Gasteiger partial charge in [-0.2, -0.15) is 0 Å². The highest BCUT2D eigenvalue weighted by Gasteiger charge is 2.16. The fraction of sp³-hybridized carbons (Fsp3) is 0.292. The van der Waals surface area contributed by atoms with Gasteiger partial charge in [-0.15, -0.1) is 0 Å². The molecule has 0 bridgehead atoms. The van der Waals surface area contributed by atoms with Gasteiger partial charge in [0.1, 0.15) is 17.9 Å². The normalized spacial score (nSPS) is 11.3. The third-order valence-electron chi connectivity index (χ3n) is 5.27. The number of aromatic nitrogens is 3. The first kappa shape index (κ1) is 20.4. The zero-order valence-electron chi connectivity index (χ0n) is 17.2. The quantitative estimate of drug-likeness (QED) is 0.292. The maximum atomic E-state index is 11.3. The molecule has 154 valence electrons. The minimum Gasteiger partial charge on any atom is -0.461 e. The van der Waals surface area contributed by atoms with Gasteiger partial charge in [-0.05, 0) is 23.6 Å². The predicted molar refractivity (Wildman–Crippen MR) is 120 cm³/mol. The number of fused-ring (bicyclic) bond motifs is 3. The highest BCUT2D eigenvalue weighted by atomic mass is 35.5. The molecule has 5 nitrogen and oxygen atoms in total. The number of para-hydroxylation sites is 1. The minimum atomic E-state index is -0.182. The van der Waals surface area contributed by atoms with Gasteiger partial charge in [0.2, 0.25) is 0 Å². The van der Waals surface area contributed by atoms with Crippen molar-refractivity contribution in [2.75, 3.05) is 0 Å². The van der Waals surface area contributed by atoms with Crippen LogP contribution in [0, 0.1) is 0 Å². The number of hydrogen-bond donors (Lipinski definition) is 0. The smallest absolute Gasteiger partial charge is 0.305 e. The van der Waals surface area contributed by atoms with Crippen LogP contribution in [-0.4, -0.2) is 20.5 Å². The molecule has 0 amide bonds. The van der Waals surface area contributed by atoms with Gasteiger partial charge in [-0.25, -0.2) is 9.97 Å². The number of rotatable bonds is 7. The molecule has 2 aromatic heterocycles. The summed E-state index contributed by atoms with van der Waals surface area (Å²) < 4.78 is 7.46. The maximum Gasteiger partial charge on any atom is 0.305 e. The Morgan fingerprint density at radius 3 is 2.50 bits per heavy atom. The summed E-state index contributed by atoms with van der Waals surface area (Å²) in [5.74, 6) is 0.826. The van der Waals surface area contributed by atoms with Gasteiger partial charge in [0, 0.05) is 24.8 Å². The van der Waals surface area contributed by atoms with Crippen LogP contribution >= 0.6 is 11.6 Å². The Balaban J connectivity index is 1.60. The first-order valence-electron chi connectivity index (χ1n) is 10.3. The molecule has 0 aliphatic heterocycles. The van der Waals surface area contributed by atoms with E-state index in [0.717, 1.165) is 52.7 Å². The average Bonchev–Trinajstić information content (AvgIpc) is 3.16. The molecule has 0 aliphatic carbocycles. The summed E-state index contributed by atoms with van der Waals surface area (Å²) in [5.41, 5.74) is 4.90. The van der Waals surface area contributed by atoms with Crippen molar-refractivity contribution in [3.05, 3.63) is 70.6 Å². The lowest BCUT2D eigenvalue weighted by molar-refractivity contribution is -0.144. The fourth-order valence-electron chi connectivity index (χ4n) is 3.67. The van der Waals surface area contributed by atoms with Gasteiger partial charge in [-0.1, -0.05) is 67.9 Å². The van der Waals surface area contributed by atoms with Crippen LogP contribution in [0.25, 0.3) is 21.9 Å². The second-order valence-corrected chi connectivity index (χ2v) is 7.59. The first-order chi connectivity index (χ1) is 14.6. The number of nitrogens with zero attached hydrogens (tertiary/aromatic N) is 3. The van der Waals surface area contributed by atoms with E-state index in [-0.39, 0.29) is 5.97 Å². The van der Waals surface area contributed by atoms with Gasteiger partial charge in [-0.3, -0.25) is 4.79 Å². The number of carbonyl (C=O) groups is 1. The van der Waals surface area contributed by atoms with E-state index in [1.807, 2.05) is 30.3 Å². The lowest BCUT2D eigenvalue weighted by Gasteiger charge is -2.11. The number of hydrogen-bond acceptors (Lipinski definition) is 4. The van der Waals surface area contributed by atoms with E-state index in [1.54, 1.807) is 6.92 Å². The van der Waals surface area contributed by atoms with Crippen LogP contribution in [0.5, 0.6) is 0 Å². The topological polar surface area (TPSA) is 57.0 Å². The van der Waals surface area contributed by atoms with Gasteiger partial charge in [0.15, 0.2) is 5.15 Å². The summed E-state index contributed by atoms with van der Waals surface area (Å²) in [6, 6.07) is 16.3. The van der Waals surface area contributed by atoms with Crippen LogP contribution in [0.1, 0.15) is 37.2 Å². The van der Waals surface area contributed by atoms with Crippen LogP contribution in [0.3, 0.4) is 0 Å². The summed E-state index contributed by atoms with van der Waals surface area (Å²) in [6.45, 7) is 5.01. The van der Waals surface area contributed by atoms with E-state index in [1.165, 1.54) is 5.56 Å². The Morgan fingerprint density at radius 2 is 1.77 bits per heavy atom. The van der Waals surface area contributed by atoms with Crippen molar-refractivity contribution in [2.24, 2.45) is 0 Å². The minimum absolute atomic E-state index is 0.182.